The lowest BCUT2D eigenvalue weighted by molar-refractivity contribution is 0.0908. The summed E-state index contributed by atoms with van der Waals surface area (Å²) in [5.41, 5.74) is 0.513. The van der Waals surface area contributed by atoms with E-state index in [1.54, 1.807) is 0 Å². The van der Waals surface area contributed by atoms with Gasteiger partial charge in [-0.1, -0.05) is 38.3 Å². The lowest BCUT2D eigenvalue weighted by Gasteiger charge is -2.13. The quantitative estimate of drug-likeness (QED) is 0.663. The average Bonchev–Trinajstić information content (AvgIpc) is 2.33. The molecule has 0 fully saturated rings. The first-order valence-corrected chi connectivity index (χ1v) is 6.47. The van der Waals surface area contributed by atoms with Crippen LogP contribution in [0.2, 0.25) is 5.02 Å². The Morgan fingerprint density at radius 2 is 2.12 bits per heavy atom. The highest BCUT2D eigenvalue weighted by molar-refractivity contribution is 6.31. The highest BCUT2D eigenvalue weighted by atomic mass is 35.5. The van der Waals surface area contributed by atoms with Gasteiger partial charge in [0.25, 0.3) is 0 Å². The monoisotopic (exact) mass is 256 g/mol. The summed E-state index contributed by atoms with van der Waals surface area (Å²) in [5, 5.41) is 0.0150. The summed E-state index contributed by atoms with van der Waals surface area (Å²) in [6.45, 7) is 4.11. The van der Waals surface area contributed by atoms with Gasteiger partial charge in [0.2, 0.25) is 0 Å². The minimum absolute atomic E-state index is 0.0150. The molecular weight excluding hydrogens is 239 g/mol. The number of hydrogen-bond acceptors (Lipinski definition) is 1. The van der Waals surface area contributed by atoms with Gasteiger partial charge in [-0.05, 0) is 31.0 Å². The van der Waals surface area contributed by atoms with Crippen molar-refractivity contribution in [3.05, 3.63) is 34.6 Å². The number of unbranched alkanes of at least 4 members (excludes halogenated alkanes) is 1. The van der Waals surface area contributed by atoms with Crippen LogP contribution in [0.4, 0.5) is 4.39 Å². The van der Waals surface area contributed by atoms with Crippen molar-refractivity contribution in [2.24, 2.45) is 5.92 Å². The van der Waals surface area contributed by atoms with Crippen LogP contribution in [0, 0.1) is 11.7 Å². The second-order valence-electron chi connectivity index (χ2n) is 4.24. The Bertz CT molecular complexity index is 390. The Morgan fingerprint density at radius 1 is 1.41 bits per heavy atom. The van der Waals surface area contributed by atoms with Crippen molar-refractivity contribution in [2.45, 2.75) is 39.5 Å². The van der Waals surface area contributed by atoms with Gasteiger partial charge >= 0.3 is 0 Å². The van der Waals surface area contributed by atoms with E-state index < -0.39 is 5.82 Å². The number of hydrogen-bond donors (Lipinski definition) is 0. The fourth-order valence-electron chi connectivity index (χ4n) is 1.86. The summed E-state index contributed by atoms with van der Waals surface area (Å²) < 4.78 is 13.0. The highest BCUT2D eigenvalue weighted by Gasteiger charge is 2.18. The first-order valence-electron chi connectivity index (χ1n) is 6.09. The molecule has 3 heteroatoms. The molecule has 1 unspecified atom stereocenters. The lowest BCUT2D eigenvalue weighted by atomic mass is 9.91. The molecule has 0 aromatic heterocycles. The van der Waals surface area contributed by atoms with Gasteiger partial charge in [-0.15, -0.1) is 0 Å². The van der Waals surface area contributed by atoms with E-state index in [0.29, 0.717) is 5.56 Å². The third kappa shape index (κ3) is 3.81. The third-order valence-corrected chi connectivity index (χ3v) is 3.26. The Kier molecular flexibility index (Phi) is 5.63. The third-order valence-electron chi connectivity index (χ3n) is 2.97. The molecule has 0 aliphatic carbocycles. The molecule has 0 radical (unpaired) electrons. The summed E-state index contributed by atoms with van der Waals surface area (Å²) in [6, 6.07) is 4.19. The first-order chi connectivity index (χ1) is 8.10. The van der Waals surface area contributed by atoms with Gasteiger partial charge in [-0.3, -0.25) is 4.79 Å². The molecule has 0 amide bonds. The highest BCUT2D eigenvalue weighted by Crippen LogP contribution is 2.22. The van der Waals surface area contributed by atoms with E-state index in [1.807, 2.05) is 6.92 Å². The number of rotatable bonds is 6. The zero-order valence-corrected chi connectivity index (χ0v) is 11.1. The molecule has 1 nitrogen and oxygen atoms in total. The lowest BCUT2D eigenvalue weighted by Crippen LogP contribution is -2.14. The zero-order chi connectivity index (χ0) is 12.8. The van der Waals surface area contributed by atoms with Crippen molar-refractivity contribution in [2.75, 3.05) is 0 Å². The SMILES string of the molecule is CCCCC(CC)C(=O)c1ccc(F)c(Cl)c1. The Labute approximate surface area is 107 Å². The van der Waals surface area contributed by atoms with Crippen molar-refractivity contribution in [1.82, 2.24) is 0 Å². The van der Waals surface area contributed by atoms with Crippen LogP contribution in [0.25, 0.3) is 0 Å². The molecule has 0 heterocycles. The van der Waals surface area contributed by atoms with Crippen LogP contribution in [0.3, 0.4) is 0 Å². The van der Waals surface area contributed by atoms with Crippen molar-refractivity contribution >= 4 is 17.4 Å². The molecule has 0 saturated carbocycles. The fourth-order valence-corrected chi connectivity index (χ4v) is 2.04. The Balaban J connectivity index is 2.82. The molecule has 1 aromatic carbocycles. The van der Waals surface area contributed by atoms with Gasteiger partial charge in [-0.2, -0.15) is 0 Å². The molecule has 0 bridgehead atoms. The molecule has 0 aliphatic heterocycles. The number of carbonyl (C=O) groups is 1. The van der Waals surface area contributed by atoms with Crippen LogP contribution in [0.5, 0.6) is 0 Å². The fraction of sp³-hybridized carbons (Fsp3) is 0.500. The molecule has 0 spiro atoms. The first kappa shape index (κ1) is 14.2. The number of Topliss-reactive ketones (excluding diaryl/α,β-unsaturated/α-hetero) is 1. The van der Waals surface area contributed by atoms with Crippen molar-refractivity contribution in [1.29, 1.82) is 0 Å². The van der Waals surface area contributed by atoms with Crippen molar-refractivity contribution in [3.8, 4) is 0 Å². The number of ketones is 1. The Hall–Kier alpha value is -0.890. The van der Waals surface area contributed by atoms with Crippen LogP contribution in [-0.4, -0.2) is 5.78 Å². The van der Waals surface area contributed by atoms with E-state index >= 15 is 0 Å². The summed E-state index contributed by atoms with van der Waals surface area (Å²) in [7, 11) is 0. The molecule has 1 atom stereocenters. The molecule has 1 aromatic rings. The van der Waals surface area contributed by atoms with Crippen molar-refractivity contribution < 1.29 is 9.18 Å². The number of carbonyl (C=O) groups excluding carboxylic acids is 1. The minimum Gasteiger partial charge on any atom is -0.294 e. The minimum atomic E-state index is -0.482. The van der Waals surface area contributed by atoms with Gasteiger partial charge < -0.3 is 0 Å². The molecule has 0 saturated heterocycles. The van der Waals surface area contributed by atoms with Gasteiger partial charge in [0, 0.05) is 11.5 Å². The molecule has 94 valence electrons. The smallest absolute Gasteiger partial charge is 0.165 e. The molecular formula is C14H18ClFO. The van der Waals surface area contributed by atoms with Gasteiger partial charge in [0.1, 0.15) is 5.82 Å². The normalized spacial score (nSPS) is 12.5. The van der Waals surface area contributed by atoms with E-state index in [9.17, 15) is 9.18 Å². The zero-order valence-electron chi connectivity index (χ0n) is 10.3. The maximum Gasteiger partial charge on any atom is 0.165 e. The summed E-state index contributed by atoms with van der Waals surface area (Å²) >= 11 is 5.68. The average molecular weight is 257 g/mol. The van der Waals surface area contributed by atoms with E-state index in [-0.39, 0.29) is 16.7 Å². The summed E-state index contributed by atoms with van der Waals surface area (Å²) in [5.74, 6) is -0.385. The van der Waals surface area contributed by atoms with E-state index in [0.717, 1.165) is 25.7 Å². The summed E-state index contributed by atoms with van der Waals surface area (Å²) in [4.78, 5) is 12.2. The maximum absolute atomic E-state index is 13.0. The summed E-state index contributed by atoms with van der Waals surface area (Å²) in [6.07, 6.45) is 3.82. The van der Waals surface area contributed by atoms with Gasteiger partial charge in [-0.25, -0.2) is 4.39 Å². The van der Waals surface area contributed by atoms with Crippen LogP contribution in [0.15, 0.2) is 18.2 Å². The van der Waals surface area contributed by atoms with Crippen LogP contribution >= 0.6 is 11.6 Å². The second-order valence-corrected chi connectivity index (χ2v) is 4.65. The number of halogens is 2. The predicted molar refractivity (Wildman–Crippen MR) is 69.0 cm³/mol. The van der Waals surface area contributed by atoms with Gasteiger partial charge in [0.05, 0.1) is 5.02 Å². The molecule has 0 N–H and O–H groups in total. The maximum atomic E-state index is 13.0. The number of benzene rings is 1. The molecule has 0 aliphatic rings. The predicted octanol–water partition coefficient (Wildman–Crippen LogP) is 4.88. The van der Waals surface area contributed by atoms with Crippen molar-refractivity contribution in [3.63, 3.8) is 0 Å². The molecule has 1 rings (SSSR count). The molecule has 17 heavy (non-hydrogen) atoms. The topological polar surface area (TPSA) is 17.1 Å². The van der Waals surface area contributed by atoms with E-state index in [2.05, 4.69) is 6.92 Å². The van der Waals surface area contributed by atoms with E-state index in [1.165, 1.54) is 18.2 Å². The van der Waals surface area contributed by atoms with Gasteiger partial charge in [0.15, 0.2) is 5.78 Å². The van der Waals surface area contributed by atoms with Crippen LogP contribution < -0.4 is 0 Å². The van der Waals surface area contributed by atoms with Crippen LogP contribution in [-0.2, 0) is 0 Å². The Morgan fingerprint density at radius 3 is 2.65 bits per heavy atom. The second kappa shape index (κ2) is 6.75. The standard InChI is InChI=1S/C14H18ClFO/c1-3-5-6-10(4-2)14(17)11-7-8-13(16)12(15)9-11/h7-10H,3-6H2,1-2H3. The van der Waals surface area contributed by atoms with E-state index in [4.69, 9.17) is 11.6 Å². The largest absolute Gasteiger partial charge is 0.294 e. The van der Waals surface area contributed by atoms with Crippen LogP contribution in [0.1, 0.15) is 49.9 Å².